The molecule has 0 spiro atoms. The zero-order valence-corrected chi connectivity index (χ0v) is 17.1. The van der Waals surface area contributed by atoms with Crippen molar-refractivity contribution in [3.8, 4) is 22.8 Å². The predicted octanol–water partition coefficient (Wildman–Crippen LogP) is 7.41. The van der Waals surface area contributed by atoms with Gasteiger partial charge >= 0.3 is 0 Å². The number of aromatic nitrogens is 1. The lowest BCUT2D eigenvalue weighted by molar-refractivity contribution is 0.575. The van der Waals surface area contributed by atoms with Crippen LogP contribution in [0, 0.1) is 5.82 Å². The highest BCUT2D eigenvalue weighted by Crippen LogP contribution is 2.28. The van der Waals surface area contributed by atoms with Crippen molar-refractivity contribution >= 4 is 38.9 Å². The standard InChI is InChI=1S/C24H14BrFN2O2/c25-17-5-1-15(2-6-17)22-12-10-20(29-22)14-27-19-9-11-21-23(13-19)30-24(28-21)16-3-7-18(26)8-4-16/h1-14H. The molecule has 4 nitrogen and oxygen atoms in total. The second kappa shape index (κ2) is 7.72. The molecule has 0 radical (unpaired) electrons. The van der Waals surface area contributed by atoms with Crippen molar-refractivity contribution in [2.45, 2.75) is 0 Å². The van der Waals surface area contributed by atoms with Crippen molar-refractivity contribution in [1.29, 1.82) is 0 Å². The molecule has 3 aromatic carbocycles. The van der Waals surface area contributed by atoms with Crippen molar-refractivity contribution < 1.29 is 13.2 Å². The lowest BCUT2D eigenvalue weighted by atomic mass is 10.2. The SMILES string of the molecule is Fc1ccc(-c2nc3ccc(N=Cc4ccc(-c5ccc(Br)cc5)o4)cc3o2)cc1. The molecule has 0 aliphatic carbocycles. The minimum absolute atomic E-state index is 0.298. The Morgan fingerprint density at radius 1 is 0.833 bits per heavy atom. The average molecular weight is 461 g/mol. The molecule has 0 saturated heterocycles. The van der Waals surface area contributed by atoms with Gasteiger partial charge in [-0.25, -0.2) is 9.37 Å². The highest BCUT2D eigenvalue weighted by atomic mass is 79.9. The van der Waals surface area contributed by atoms with Gasteiger partial charge in [-0.15, -0.1) is 0 Å². The van der Waals surface area contributed by atoms with Gasteiger partial charge in [-0.3, -0.25) is 4.99 Å². The number of benzene rings is 3. The zero-order chi connectivity index (χ0) is 20.5. The van der Waals surface area contributed by atoms with Crippen LogP contribution < -0.4 is 0 Å². The molecule has 146 valence electrons. The maximum absolute atomic E-state index is 13.1. The van der Waals surface area contributed by atoms with Crippen molar-refractivity contribution in [2.24, 2.45) is 4.99 Å². The van der Waals surface area contributed by atoms with E-state index in [-0.39, 0.29) is 5.82 Å². The Morgan fingerprint density at radius 2 is 1.60 bits per heavy atom. The molecule has 5 aromatic rings. The first-order valence-electron chi connectivity index (χ1n) is 9.20. The smallest absolute Gasteiger partial charge is 0.227 e. The van der Waals surface area contributed by atoms with Gasteiger partial charge in [0.05, 0.1) is 11.9 Å². The molecular weight excluding hydrogens is 447 g/mol. The summed E-state index contributed by atoms with van der Waals surface area (Å²) in [5.41, 5.74) is 3.75. The predicted molar refractivity (Wildman–Crippen MR) is 119 cm³/mol. The number of furan rings is 1. The second-order valence-corrected chi connectivity index (χ2v) is 7.56. The summed E-state index contributed by atoms with van der Waals surface area (Å²) in [7, 11) is 0. The molecular formula is C24H14BrFN2O2. The third-order valence-electron chi connectivity index (χ3n) is 4.56. The van der Waals surface area contributed by atoms with Crippen molar-refractivity contribution in [1.82, 2.24) is 4.98 Å². The van der Waals surface area contributed by atoms with Crippen molar-refractivity contribution in [2.75, 3.05) is 0 Å². The van der Waals surface area contributed by atoms with Crippen LogP contribution in [0.5, 0.6) is 0 Å². The molecule has 0 aliphatic heterocycles. The normalized spacial score (nSPS) is 11.5. The number of rotatable bonds is 4. The molecule has 0 unspecified atom stereocenters. The van der Waals surface area contributed by atoms with Gasteiger partial charge in [0.25, 0.3) is 0 Å². The first-order chi connectivity index (χ1) is 14.6. The summed E-state index contributed by atoms with van der Waals surface area (Å²) < 4.78 is 25.8. The summed E-state index contributed by atoms with van der Waals surface area (Å²) in [6.45, 7) is 0. The van der Waals surface area contributed by atoms with E-state index in [1.807, 2.05) is 54.6 Å². The van der Waals surface area contributed by atoms with Crippen LogP contribution in [0.1, 0.15) is 5.76 Å². The monoisotopic (exact) mass is 460 g/mol. The van der Waals surface area contributed by atoms with Crippen LogP contribution in [0.15, 0.2) is 97.2 Å². The fourth-order valence-corrected chi connectivity index (χ4v) is 3.30. The van der Waals surface area contributed by atoms with Crippen LogP contribution >= 0.6 is 15.9 Å². The van der Waals surface area contributed by atoms with Gasteiger partial charge in [0.2, 0.25) is 5.89 Å². The van der Waals surface area contributed by atoms with E-state index in [9.17, 15) is 4.39 Å². The minimum atomic E-state index is -0.298. The Hall–Kier alpha value is -3.51. The molecule has 5 rings (SSSR count). The number of aliphatic imine (C=N–C) groups is 1. The van der Waals surface area contributed by atoms with Gasteiger partial charge in [0.1, 0.15) is 22.9 Å². The maximum atomic E-state index is 13.1. The molecule has 2 heterocycles. The number of hydrogen-bond acceptors (Lipinski definition) is 4. The summed E-state index contributed by atoms with van der Waals surface area (Å²) in [5.74, 6) is 1.57. The summed E-state index contributed by atoms with van der Waals surface area (Å²) >= 11 is 3.43. The van der Waals surface area contributed by atoms with E-state index in [2.05, 4.69) is 25.9 Å². The quantitative estimate of drug-likeness (QED) is 0.262. The zero-order valence-electron chi connectivity index (χ0n) is 15.5. The number of fused-ring (bicyclic) bond motifs is 1. The second-order valence-electron chi connectivity index (χ2n) is 6.65. The maximum Gasteiger partial charge on any atom is 0.227 e. The van der Waals surface area contributed by atoms with Crippen LogP contribution in [0.25, 0.3) is 33.9 Å². The fourth-order valence-electron chi connectivity index (χ4n) is 3.04. The first-order valence-corrected chi connectivity index (χ1v) is 10.00. The number of nitrogens with zero attached hydrogens (tertiary/aromatic N) is 2. The molecule has 2 aromatic heterocycles. The summed E-state index contributed by atoms with van der Waals surface area (Å²) in [4.78, 5) is 8.93. The number of hydrogen-bond donors (Lipinski definition) is 0. The average Bonchev–Trinajstić information content (AvgIpc) is 3.40. The molecule has 0 saturated carbocycles. The summed E-state index contributed by atoms with van der Waals surface area (Å²) in [5, 5.41) is 0. The molecule has 6 heteroatoms. The minimum Gasteiger partial charge on any atom is -0.455 e. The first kappa shape index (κ1) is 18.5. The van der Waals surface area contributed by atoms with E-state index in [4.69, 9.17) is 8.83 Å². The van der Waals surface area contributed by atoms with Gasteiger partial charge in [0, 0.05) is 21.7 Å². The van der Waals surface area contributed by atoms with Crippen molar-refractivity contribution in [3.63, 3.8) is 0 Å². The molecule has 0 fully saturated rings. The van der Waals surface area contributed by atoms with Gasteiger partial charge < -0.3 is 8.83 Å². The largest absolute Gasteiger partial charge is 0.455 e. The Balaban J connectivity index is 1.38. The third kappa shape index (κ3) is 3.82. The molecule has 0 atom stereocenters. The lowest BCUT2D eigenvalue weighted by Gasteiger charge is -1.96. The van der Waals surface area contributed by atoms with Crippen LogP contribution in [-0.4, -0.2) is 11.2 Å². The Morgan fingerprint density at radius 3 is 2.40 bits per heavy atom. The van der Waals surface area contributed by atoms with Crippen LogP contribution in [0.3, 0.4) is 0 Å². The van der Waals surface area contributed by atoms with Gasteiger partial charge in [-0.1, -0.05) is 28.1 Å². The van der Waals surface area contributed by atoms with Gasteiger partial charge in [-0.05, 0) is 60.7 Å². The Kier molecular flexibility index (Phi) is 4.77. The molecule has 30 heavy (non-hydrogen) atoms. The van der Waals surface area contributed by atoms with Gasteiger partial charge in [-0.2, -0.15) is 0 Å². The van der Waals surface area contributed by atoms with E-state index in [0.717, 1.165) is 15.8 Å². The highest BCUT2D eigenvalue weighted by Gasteiger charge is 2.09. The number of halogens is 2. The molecule has 0 amide bonds. The third-order valence-corrected chi connectivity index (χ3v) is 5.09. The van der Waals surface area contributed by atoms with E-state index in [1.165, 1.54) is 12.1 Å². The highest BCUT2D eigenvalue weighted by molar-refractivity contribution is 9.10. The van der Waals surface area contributed by atoms with Crippen LogP contribution in [0.2, 0.25) is 0 Å². The molecule has 0 aliphatic rings. The van der Waals surface area contributed by atoms with E-state index in [0.29, 0.717) is 34.0 Å². The molecule has 0 bridgehead atoms. The fraction of sp³-hybridized carbons (Fsp3) is 0. The van der Waals surface area contributed by atoms with Gasteiger partial charge in [0.15, 0.2) is 5.58 Å². The van der Waals surface area contributed by atoms with E-state index in [1.54, 1.807) is 18.3 Å². The Bertz CT molecular complexity index is 1350. The molecule has 0 N–H and O–H groups in total. The van der Waals surface area contributed by atoms with Crippen LogP contribution in [-0.2, 0) is 0 Å². The summed E-state index contributed by atoms with van der Waals surface area (Å²) in [6, 6.07) is 23.2. The van der Waals surface area contributed by atoms with E-state index >= 15 is 0 Å². The lowest BCUT2D eigenvalue weighted by Crippen LogP contribution is -1.77. The number of oxazole rings is 1. The van der Waals surface area contributed by atoms with Crippen molar-refractivity contribution in [3.05, 3.63) is 94.9 Å². The topological polar surface area (TPSA) is 51.5 Å². The van der Waals surface area contributed by atoms with E-state index < -0.39 is 0 Å². The van der Waals surface area contributed by atoms with Crippen LogP contribution in [0.4, 0.5) is 10.1 Å². The Labute approximate surface area is 179 Å². The summed E-state index contributed by atoms with van der Waals surface area (Å²) in [6.07, 6.45) is 1.67.